The Morgan fingerprint density at radius 1 is 1.19 bits per heavy atom. The lowest BCUT2D eigenvalue weighted by Gasteiger charge is -2.33. The number of nitrogens with zero attached hydrogens (tertiary/aromatic N) is 1. The molecule has 0 aromatic heterocycles. The van der Waals surface area contributed by atoms with Gasteiger partial charge in [-0.25, -0.2) is 9.59 Å². The largest absolute Gasteiger partial charge is 0.465 e. The van der Waals surface area contributed by atoms with Gasteiger partial charge in [0.25, 0.3) is 0 Å². The number of likely N-dealkylation sites (tertiary alicyclic amines) is 1. The van der Waals surface area contributed by atoms with Crippen LogP contribution in [0.4, 0.5) is 0 Å². The van der Waals surface area contributed by atoms with Gasteiger partial charge in [0.2, 0.25) is 0 Å². The van der Waals surface area contributed by atoms with Crippen LogP contribution in [0.1, 0.15) is 37.7 Å². The molecule has 1 N–H and O–H groups in total. The van der Waals surface area contributed by atoms with Crippen LogP contribution in [0.3, 0.4) is 0 Å². The molecule has 148 valence electrons. The number of rotatable bonds is 6. The molecule has 2 aliphatic rings. The van der Waals surface area contributed by atoms with Crippen LogP contribution < -0.4 is 0 Å². The van der Waals surface area contributed by atoms with Crippen molar-refractivity contribution in [3.63, 3.8) is 0 Å². The molecular weight excluding hydrogens is 346 g/mol. The first-order chi connectivity index (χ1) is 12.9. The SMILES string of the molecule is COC(=O)C[N@+]1(C)CC[C@@H](OC(=O)[C@](O)(c2ccccc2)C2CCCC2)C1. The molecule has 1 aromatic carbocycles. The van der Waals surface area contributed by atoms with Crippen LogP contribution >= 0.6 is 0 Å². The summed E-state index contributed by atoms with van der Waals surface area (Å²) in [4.78, 5) is 24.8. The molecule has 0 amide bonds. The van der Waals surface area contributed by atoms with E-state index < -0.39 is 11.6 Å². The number of quaternary nitrogens is 1. The summed E-state index contributed by atoms with van der Waals surface area (Å²) in [6, 6.07) is 9.14. The molecule has 0 radical (unpaired) electrons. The Morgan fingerprint density at radius 3 is 2.48 bits per heavy atom. The summed E-state index contributed by atoms with van der Waals surface area (Å²) in [6.07, 6.45) is 4.05. The van der Waals surface area contributed by atoms with Gasteiger partial charge < -0.3 is 19.1 Å². The average molecular weight is 376 g/mol. The molecular formula is C21H30NO5+. The third kappa shape index (κ3) is 4.17. The first kappa shape index (κ1) is 19.8. The zero-order valence-corrected chi connectivity index (χ0v) is 16.2. The lowest BCUT2D eigenvalue weighted by atomic mass is 9.80. The van der Waals surface area contributed by atoms with Gasteiger partial charge in [-0.2, -0.15) is 0 Å². The lowest BCUT2D eigenvalue weighted by Crippen LogP contribution is -2.48. The molecule has 1 aliphatic carbocycles. The number of carbonyl (C=O) groups excluding carboxylic acids is 2. The smallest absolute Gasteiger partial charge is 0.361 e. The maximum Gasteiger partial charge on any atom is 0.361 e. The van der Waals surface area contributed by atoms with E-state index in [4.69, 9.17) is 9.47 Å². The third-order valence-corrected chi connectivity index (χ3v) is 6.12. The Kier molecular flexibility index (Phi) is 5.86. The summed E-state index contributed by atoms with van der Waals surface area (Å²) in [6.45, 7) is 1.55. The summed E-state index contributed by atoms with van der Waals surface area (Å²) in [5.41, 5.74) is -1.00. The quantitative estimate of drug-likeness (QED) is 0.607. The van der Waals surface area contributed by atoms with Gasteiger partial charge in [-0.15, -0.1) is 0 Å². The average Bonchev–Trinajstić information content (AvgIpc) is 3.32. The second-order valence-corrected chi connectivity index (χ2v) is 8.19. The fraction of sp³-hybridized carbons (Fsp3) is 0.619. The van der Waals surface area contributed by atoms with E-state index in [2.05, 4.69) is 0 Å². The van der Waals surface area contributed by atoms with Gasteiger partial charge in [0.15, 0.2) is 18.2 Å². The Bertz CT molecular complexity index is 672. The molecule has 3 rings (SSSR count). The maximum atomic E-state index is 13.1. The number of ether oxygens (including phenoxy) is 2. The number of hydrogen-bond acceptors (Lipinski definition) is 5. The highest BCUT2D eigenvalue weighted by atomic mass is 16.6. The highest BCUT2D eigenvalue weighted by Gasteiger charge is 2.49. The molecule has 1 aliphatic heterocycles. The normalized spacial score (nSPS) is 27.9. The maximum absolute atomic E-state index is 13.1. The van der Waals surface area contributed by atoms with Crippen molar-refractivity contribution >= 4 is 11.9 Å². The van der Waals surface area contributed by atoms with E-state index in [0.717, 1.165) is 32.2 Å². The second-order valence-electron chi connectivity index (χ2n) is 8.19. The molecule has 1 saturated heterocycles. The highest BCUT2D eigenvalue weighted by Crippen LogP contribution is 2.42. The van der Waals surface area contributed by atoms with Crippen molar-refractivity contribution in [2.24, 2.45) is 5.92 Å². The topological polar surface area (TPSA) is 72.8 Å². The van der Waals surface area contributed by atoms with Gasteiger partial charge in [0, 0.05) is 12.3 Å². The first-order valence-electron chi connectivity index (χ1n) is 9.77. The van der Waals surface area contributed by atoms with Crippen molar-refractivity contribution in [1.82, 2.24) is 0 Å². The second kappa shape index (κ2) is 7.98. The van der Waals surface area contributed by atoms with E-state index in [9.17, 15) is 14.7 Å². The van der Waals surface area contributed by atoms with E-state index >= 15 is 0 Å². The fourth-order valence-electron chi connectivity index (χ4n) is 4.54. The van der Waals surface area contributed by atoms with Crippen LogP contribution in [-0.4, -0.2) is 61.4 Å². The number of aliphatic hydroxyl groups is 1. The number of likely N-dealkylation sites (N-methyl/N-ethyl adjacent to an activating group) is 1. The molecule has 1 saturated carbocycles. The Labute approximate surface area is 160 Å². The monoisotopic (exact) mass is 376 g/mol. The number of carbonyl (C=O) groups is 2. The van der Waals surface area contributed by atoms with Crippen LogP contribution in [0.25, 0.3) is 0 Å². The minimum absolute atomic E-state index is 0.121. The van der Waals surface area contributed by atoms with Crippen molar-refractivity contribution in [2.75, 3.05) is 33.8 Å². The van der Waals surface area contributed by atoms with Gasteiger partial charge in [0.1, 0.15) is 6.54 Å². The van der Waals surface area contributed by atoms with Gasteiger partial charge >= 0.3 is 11.9 Å². The molecule has 0 unspecified atom stereocenters. The summed E-state index contributed by atoms with van der Waals surface area (Å²) in [7, 11) is 3.34. The predicted octanol–water partition coefficient (Wildman–Crippen LogP) is 2.00. The van der Waals surface area contributed by atoms with Gasteiger partial charge in [0.05, 0.1) is 20.7 Å². The van der Waals surface area contributed by atoms with Gasteiger partial charge in [-0.05, 0) is 18.4 Å². The van der Waals surface area contributed by atoms with Crippen LogP contribution in [0.15, 0.2) is 30.3 Å². The first-order valence-corrected chi connectivity index (χ1v) is 9.77. The summed E-state index contributed by atoms with van der Waals surface area (Å²) >= 11 is 0. The van der Waals surface area contributed by atoms with E-state index in [1.165, 1.54) is 7.11 Å². The number of esters is 2. The molecule has 27 heavy (non-hydrogen) atoms. The van der Waals surface area contributed by atoms with Crippen molar-refractivity contribution in [2.45, 2.75) is 43.8 Å². The van der Waals surface area contributed by atoms with Crippen LogP contribution in [0, 0.1) is 5.92 Å². The van der Waals surface area contributed by atoms with Crippen molar-refractivity contribution in [3.05, 3.63) is 35.9 Å². The van der Waals surface area contributed by atoms with E-state index in [0.29, 0.717) is 23.0 Å². The van der Waals surface area contributed by atoms with Crippen molar-refractivity contribution in [1.29, 1.82) is 0 Å². The molecule has 6 heteroatoms. The third-order valence-electron chi connectivity index (χ3n) is 6.12. The predicted molar refractivity (Wildman–Crippen MR) is 99.6 cm³/mol. The van der Waals surface area contributed by atoms with E-state index in [-0.39, 0.29) is 24.5 Å². The van der Waals surface area contributed by atoms with Gasteiger partial charge in [-0.3, -0.25) is 0 Å². The minimum atomic E-state index is -1.61. The Morgan fingerprint density at radius 2 is 1.85 bits per heavy atom. The number of methoxy groups -OCH3 is 1. The van der Waals surface area contributed by atoms with E-state index in [1.54, 1.807) is 12.1 Å². The molecule has 0 spiro atoms. The molecule has 1 aromatic rings. The van der Waals surface area contributed by atoms with Gasteiger partial charge in [-0.1, -0.05) is 43.2 Å². The highest BCUT2D eigenvalue weighted by molar-refractivity contribution is 5.81. The van der Waals surface area contributed by atoms with Crippen LogP contribution in [0.5, 0.6) is 0 Å². The van der Waals surface area contributed by atoms with Crippen molar-refractivity contribution < 1.29 is 28.7 Å². The summed E-state index contributed by atoms with van der Waals surface area (Å²) in [5.74, 6) is -0.946. The molecule has 6 nitrogen and oxygen atoms in total. The standard InChI is InChI=1S/C21H30NO5/c1-22(15-19(23)26-2)13-12-18(14-22)27-20(24)21(25,17-10-6-7-11-17)16-8-4-3-5-9-16/h3-5,8-9,17-18,25H,6-7,10-15H2,1-2H3/q+1/t18-,21+,22-/m1/s1. The zero-order chi connectivity index (χ0) is 19.5. The van der Waals surface area contributed by atoms with Crippen LogP contribution in [0.2, 0.25) is 0 Å². The zero-order valence-electron chi connectivity index (χ0n) is 16.2. The molecule has 2 fully saturated rings. The lowest BCUT2D eigenvalue weighted by molar-refractivity contribution is -0.891. The molecule has 0 bridgehead atoms. The summed E-state index contributed by atoms with van der Waals surface area (Å²) in [5, 5.41) is 11.5. The number of benzene rings is 1. The Hall–Kier alpha value is -1.92. The van der Waals surface area contributed by atoms with E-state index in [1.807, 2.05) is 25.2 Å². The van der Waals surface area contributed by atoms with Crippen LogP contribution in [-0.2, 0) is 24.7 Å². The molecule has 3 atom stereocenters. The minimum Gasteiger partial charge on any atom is -0.465 e. The number of hydrogen-bond donors (Lipinski definition) is 1. The Balaban J connectivity index is 1.73. The summed E-state index contributed by atoms with van der Waals surface area (Å²) < 4.78 is 11.1. The van der Waals surface area contributed by atoms with Crippen molar-refractivity contribution in [3.8, 4) is 0 Å². The molecule has 1 heterocycles. The fourth-order valence-corrected chi connectivity index (χ4v) is 4.54.